The molecule has 0 aromatic rings. The molecule has 0 aromatic heterocycles. The molecule has 2 heteroatoms. The maximum atomic E-state index is 3.67. The van der Waals surface area contributed by atoms with Gasteiger partial charge in [0, 0.05) is 31.7 Å². The van der Waals surface area contributed by atoms with E-state index in [1.54, 1.807) is 0 Å². The molecule has 2 nitrogen and oxygen atoms in total. The van der Waals surface area contributed by atoms with E-state index in [0.29, 0.717) is 5.54 Å². The molecule has 1 rings (SSSR count). The molecule has 0 aromatic carbocycles. The first kappa shape index (κ1) is 15.0. The van der Waals surface area contributed by atoms with Gasteiger partial charge in [-0.3, -0.25) is 4.90 Å². The van der Waals surface area contributed by atoms with E-state index in [4.69, 9.17) is 0 Å². The molecule has 0 radical (unpaired) electrons. The summed E-state index contributed by atoms with van der Waals surface area (Å²) in [6.45, 7) is 14.2. The first-order valence-corrected chi connectivity index (χ1v) is 7.61. The number of hydrogen-bond donors (Lipinski definition) is 1. The lowest BCUT2D eigenvalue weighted by Gasteiger charge is -2.42. The van der Waals surface area contributed by atoms with Crippen LogP contribution < -0.4 is 5.32 Å². The van der Waals surface area contributed by atoms with E-state index in [-0.39, 0.29) is 0 Å². The fourth-order valence-electron chi connectivity index (χ4n) is 2.82. The van der Waals surface area contributed by atoms with Crippen molar-refractivity contribution in [1.82, 2.24) is 10.2 Å². The Hall–Kier alpha value is -0.0800. The largest absolute Gasteiger partial charge is 0.309 e. The van der Waals surface area contributed by atoms with Gasteiger partial charge in [0.15, 0.2) is 0 Å². The summed E-state index contributed by atoms with van der Waals surface area (Å²) in [4.78, 5) is 2.68. The quantitative estimate of drug-likeness (QED) is 0.735. The normalized spacial score (nSPS) is 28.2. The molecule has 1 heterocycles. The number of nitrogens with one attached hydrogen (secondary N) is 1. The average Bonchev–Trinajstić information content (AvgIpc) is 2.34. The van der Waals surface area contributed by atoms with Crippen LogP contribution >= 0.6 is 0 Å². The SMILES string of the molecule is CCCCC(CC)CN1CCNC(C)(CC)C1. The second-order valence-corrected chi connectivity index (χ2v) is 5.99. The van der Waals surface area contributed by atoms with Gasteiger partial charge < -0.3 is 5.32 Å². The lowest BCUT2D eigenvalue weighted by atomic mass is 9.93. The third-order valence-corrected chi connectivity index (χ3v) is 4.39. The molecule has 17 heavy (non-hydrogen) atoms. The monoisotopic (exact) mass is 240 g/mol. The highest BCUT2D eigenvalue weighted by molar-refractivity contribution is 4.90. The number of rotatable bonds is 7. The fourth-order valence-corrected chi connectivity index (χ4v) is 2.82. The predicted molar refractivity (Wildman–Crippen MR) is 76.4 cm³/mol. The Labute approximate surface area is 108 Å². The summed E-state index contributed by atoms with van der Waals surface area (Å²) in [6.07, 6.45) is 6.72. The molecule has 0 aliphatic carbocycles. The van der Waals surface area contributed by atoms with E-state index < -0.39 is 0 Å². The first-order valence-electron chi connectivity index (χ1n) is 7.61. The average molecular weight is 240 g/mol. The van der Waals surface area contributed by atoms with Crippen LogP contribution in [0, 0.1) is 5.92 Å². The van der Waals surface area contributed by atoms with Crippen LogP contribution in [0.3, 0.4) is 0 Å². The van der Waals surface area contributed by atoms with Crippen molar-refractivity contribution in [2.45, 2.75) is 65.3 Å². The van der Waals surface area contributed by atoms with Crippen molar-refractivity contribution in [3.05, 3.63) is 0 Å². The van der Waals surface area contributed by atoms with E-state index in [1.165, 1.54) is 51.7 Å². The number of piperazine rings is 1. The van der Waals surface area contributed by atoms with Crippen molar-refractivity contribution >= 4 is 0 Å². The van der Waals surface area contributed by atoms with Crippen molar-refractivity contribution in [1.29, 1.82) is 0 Å². The highest BCUT2D eigenvalue weighted by Crippen LogP contribution is 2.19. The summed E-state index contributed by atoms with van der Waals surface area (Å²) in [5.74, 6) is 0.911. The Balaban J connectivity index is 2.38. The zero-order valence-corrected chi connectivity index (χ0v) is 12.4. The van der Waals surface area contributed by atoms with Gasteiger partial charge in [-0.1, -0.05) is 40.0 Å². The van der Waals surface area contributed by atoms with Gasteiger partial charge in [0.25, 0.3) is 0 Å². The maximum Gasteiger partial charge on any atom is 0.0278 e. The van der Waals surface area contributed by atoms with Crippen LogP contribution in [0.25, 0.3) is 0 Å². The van der Waals surface area contributed by atoms with E-state index in [0.717, 1.165) is 12.5 Å². The van der Waals surface area contributed by atoms with E-state index in [9.17, 15) is 0 Å². The molecular weight excluding hydrogens is 208 g/mol. The highest BCUT2D eigenvalue weighted by atomic mass is 15.2. The summed E-state index contributed by atoms with van der Waals surface area (Å²) < 4.78 is 0. The summed E-state index contributed by atoms with van der Waals surface area (Å²) in [5.41, 5.74) is 0.349. The van der Waals surface area contributed by atoms with Gasteiger partial charge >= 0.3 is 0 Å². The molecule has 0 bridgehead atoms. The molecule has 0 amide bonds. The predicted octanol–water partition coefficient (Wildman–Crippen LogP) is 3.28. The Morgan fingerprint density at radius 1 is 1.29 bits per heavy atom. The van der Waals surface area contributed by atoms with Crippen molar-refractivity contribution in [3.8, 4) is 0 Å². The molecule has 0 spiro atoms. The molecule has 102 valence electrons. The number of unbranched alkanes of at least 4 members (excludes halogenated alkanes) is 1. The Morgan fingerprint density at radius 3 is 2.65 bits per heavy atom. The molecule has 1 aliphatic heterocycles. The van der Waals surface area contributed by atoms with Crippen LogP contribution in [0.1, 0.15) is 59.8 Å². The molecule has 2 atom stereocenters. The van der Waals surface area contributed by atoms with Crippen molar-refractivity contribution in [2.75, 3.05) is 26.2 Å². The zero-order chi connectivity index (χ0) is 12.7. The lowest BCUT2D eigenvalue weighted by Crippen LogP contribution is -2.59. The molecule has 1 N–H and O–H groups in total. The molecule has 1 aliphatic rings. The highest BCUT2D eigenvalue weighted by Gasteiger charge is 2.29. The minimum Gasteiger partial charge on any atom is -0.309 e. The van der Waals surface area contributed by atoms with Crippen molar-refractivity contribution < 1.29 is 0 Å². The molecular formula is C15H32N2. The van der Waals surface area contributed by atoms with Crippen molar-refractivity contribution in [2.24, 2.45) is 5.92 Å². The lowest BCUT2D eigenvalue weighted by molar-refractivity contribution is 0.118. The Morgan fingerprint density at radius 2 is 2.06 bits per heavy atom. The van der Waals surface area contributed by atoms with Crippen LogP contribution in [0.15, 0.2) is 0 Å². The number of nitrogens with zero attached hydrogens (tertiary/aromatic N) is 1. The second kappa shape index (κ2) is 7.38. The fraction of sp³-hybridized carbons (Fsp3) is 1.00. The standard InChI is InChI=1S/C15H32N2/c1-5-8-9-14(6-2)12-17-11-10-16-15(4,7-3)13-17/h14,16H,5-13H2,1-4H3. The van der Waals surface area contributed by atoms with Gasteiger partial charge in [0.2, 0.25) is 0 Å². The number of hydrogen-bond acceptors (Lipinski definition) is 2. The van der Waals surface area contributed by atoms with Gasteiger partial charge in [0.05, 0.1) is 0 Å². The van der Waals surface area contributed by atoms with Crippen molar-refractivity contribution in [3.63, 3.8) is 0 Å². The molecule has 2 unspecified atom stereocenters. The third kappa shape index (κ3) is 4.97. The van der Waals surface area contributed by atoms with Crippen LogP contribution in [0.4, 0.5) is 0 Å². The summed E-state index contributed by atoms with van der Waals surface area (Å²) >= 11 is 0. The Bertz CT molecular complexity index is 205. The van der Waals surface area contributed by atoms with Gasteiger partial charge in [-0.25, -0.2) is 0 Å². The molecule has 1 fully saturated rings. The molecule has 0 saturated carbocycles. The topological polar surface area (TPSA) is 15.3 Å². The summed E-state index contributed by atoms with van der Waals surface area (Å²) in [7, 11) is 0. The smallest absolute Gasteiger partial charge is 0.0278 e. The summed E-state index contributed by atoms with van der Waals surface area (Å²) in [6, 6.07) is 0. The van der Waals surface area contributed by atoms with E-state index in [1.807, 2.05) is 0 Å². The first-order chi connectivity index (χ1) is 8.13. The Kier molecular flexibility index (Phi) is 6.50. The minimum atomic E-state index is 0.349. The second-order valence-electron chi connectivity index (χ2n) is 5.99. The van der Waals surface area contributed by atoms with Crippen LogP contribution in [0.5, 0.6) is 0 Å². The van der Waals surface area contributed by atoms with Gasteiger partial charge in [-0.15, -0.1) is 0 Å². The summed E-state index contributed by atoms with van der Waals surface area (Å²) in [5, 5.41) is 3.67. The van der Waals surface area contributed by atoms with Crippen LogP contribution in [-0.2, 0) is 0 Å². The molecule has 1 saturated heterocycles. The van der Waals surface area contributed by atoms with E-state index >= 15 is 0 Å². The van der Waals surface area contributed by atoms with E-state index in [2.05, 4.69) is 37.9 Å². The van der Waals surface area contributed by atoms with Gasteiger partial charge in [-0.05, 0) is 25.7 Å². The minimum absolute atomic E-state index is 0.349. The third-order valence-electron chi connectivity index (χ3n) is 4.39. The van der Waals surface area contributed by atoms with Crippen LogP contribution in [0.2, 0.25) is 0 Å². The zero-order valence-electron chi connectivity index (χ0n) is 12.4. The van der Waals surface area contributed by atoms with Gasteiger partial charge in [-0.2, -0.15) is 0 Å². The van der Waals surface area contributed by atoms with Crippen LogP contribution in [-0.4, -0.2) is 36.6 Å². The van der Waals surface area contributed by atoms with Gasteiger partial charge in [0.1, 0.15) is 0 Å². The maximum absolute atomic E-state index is 3.67.